The van der Waals surface area contributed by atoms with Crippen molar-refractivity contribution in [2.45, 2.75) is 22.7 Å². The molecule has 0 aromatic heterocycles. The quantitative estimate of drug-likeness (QED) is 0.912. The van der Waals surface area contributed by atoms with Crippen LogP contribution in [0.2, 0.25) is 0 Å². The van der Waals surface area contributed by atoms with Gasteiger partial charge in [0, 0.05) is 11.4 Å². The number of fused-ring (bicyclic) bond motifs is 1. The molecule has 1 aliphatic rings. The number of nitrogens with one attached hydrogen (secondary N) is 1. The van der Waals surface area contributed by atoms with E-state index in [0.717, 1.165) is 12.0 Å². The summed E-state index contributed by atoms with van der Waals surface area (Å²) in [4.78, 5) is 13.4. The van der Waals surface area contributed by atoms with Gasteiger partial charge in [0.25, 0.3) is 0 Å². The van der Waals surface area contributed by atoms with Crippen LogP contribution in [0.15, 0.2) is 59.5 Å². The molecule has 3 rings (SSSR count). The fourth-order valence-electron chi connectivity index (χ4n) is 2.43. The van der Waals surface area contributed by atoms with Crippen molar-refractivity contribution in [3.63, 3.8) is 0 Å². The minimum Gasteiger partial charge on any atom is -0.387 e. The van der Waals surface area contributed by atoms with Crippen LogP contribution in [0.4, 0.5) is 0 Å². The van der Waals surface area contributed by atoms with Gasteiger partial charge in [0.05, 0.1) is 11.4 Å². The van der Waals surface area contributed by atoms with Gasteiger partial charge in [-0.2, -0.15) is 0 Å². The summed E-state index contributed by atoms with van der Waals surface area (Å²) < 4.78 is 0. The number of hydrogen-bond donors (Lipinski definition) is 2. The van der Waals surface area contributed by atoms with Crippen molar-refractivity contribution in [1.29, 1.82) is 0 Å². The van der Waals surface area contributed by atoms with E-state index >= 15 is 0 Å². The Labute approximate surface area is 128 Å². The fraction of sp³-hybridized carbons (Fsp3) is 0.235. The van der Waals surface area contributed by atoms with Crippen molar-refractivity contribution in [2.75, 3.05) is 6.54 Å². The van der Waals surface area contributed by atoms with Crippen LogP contribution < -0.4 is 5.32 Å². The maximum atomic E-state index is 12.2. The lowest BCUT2D eigenvalue weighted by molar-refractivity contribution is -0.121. The van der Waals surface area contributed by atoms with Gasteiger partial charge in [-0.1, -0.05) is 48.5 Å². The molecule has 1 amide bonds. The Morgan fingerprint density at radius 1 is 1.19 bits per heavy atom. The lowest BCUT2D eigenvalue weighted by atomic mass is 10.1. The van der Waals surface area contributed by atoms with Gasteiger partial charge in [0.2, 0.25) is 5.91 Å². The Balaban J connectivity index is 1.54. The van der Waals surface area contributed by atoms with Gasteiger partial charge in [-0.25, -0.2) is 0 Å². The van der Waals surface area contributed by atoms with Crippen LogP contribution >= 0.6 is 11.8 Å². The summed E-state index contributed by atoms with van der Waals surface area (Å²) in [5.74, 6) is -0.00817. The summed E-state index contributed by atoms with van der Waals surface area (Å²) in [6.45, 7) is 0.246. The first-order valence-corrected chi connectivity index (χ1v) is 7.87. The largest absolute Gasteiger partial charge is 0.387 e. The second-order valence-electron chi connectivity index (χ2n) is 5.09. The van der Waals surface area contributed by atoms with Gasteiger partial charge in [-0.3, -0.25) is 4.79 Å². The van der Waals surface area contributed by atoms with E-state index in [0.29, 0.717) is 0 Å². The lowest BCUT2D eigenvalue weighted by Crippen LogP contribution is -2.35. The van der Waals surface area contributed by atoms with Gasteiger partial charge >= 0.3 is 0 Å². The standard InChI is InChI=1S/C17H17NO2S/c19-14(12-6-2-1-3-7-12)11-18-17(20)16-10-13-8-4-5-9-15(13)21-16/h1-9,14,16,19H,10-11H2,(H,18,20). The molecule has 2 atom stereocenters. The summed E-state index contributed by atoms with van der Waals surface area (Å²) in [6, 6.07) is 17.5. The summed E-state index contributed by atoms with van der Waals surface area (Å²) in [7, 11) is 0. The van der Waals surface area contributed by atoms with E-state index in [1.165, 1.54) is 10.5 Å². The number of amides is 1. The Bertz CT molecular complexity index is 605. The first-order valence-electron chi connectivity index (χ1n) is 6.99. The number of carbonyl (C=O) groups excluding carboxylic acids is 1. The molecule has 0 saturated heterocycles. The molecule has 108 valence electrons. The second-order valence-corrected chi connectivity index (χ2v) is 6.33. The molecule has 0 bridgehead atoms. The first-order chi connectivity index (χ1) is 10.2. The predicted octanol–water partition coefficient (Wildman–Crippen LogP) is 2.55. The van der Waals surface area contributed by atoms with Crippen molar-refractivity contribution in [3.05, 3.63) is 65.7 Å². The van der Waals surface area contributed by atoms with E-state index in [1.807, 2.05) is 48.5 Å². The smallest absolute Gasteiger partial charge is 0.233 e. The third-order valence-corrected chi connectivity index (χ3v) is 4.91. The Hall–Kier alpha value is -1.78. The molecule has 2 N–H and O–H groups in total. The normalized spacial score (nSPS) is 18.0. The van der Waals surface area contributed by atoms with Crippen LogP contribution in [-0.4, -0.2) is 22.8 Å². The highest BCUT2D eigenvalue weighted by Gasteiger charge is 2.28. The zero-order chi connectivity index (χ0) is 14.7. The molecular formula is C17H17NO2S. The molecule has 1 heterocycles. The maximum absolute atomic E-state index is 12.2. The van der Waals surface area contributed by atoms with E-state index in [4.69, 9.17) is 0 Å². The molecular weight excluding hydrogens is 282 g/mol. The molecule has 0 saturated carbocycles. The van der Waals surface area contributed by atoms with Crippen molar-refractivity contribution in [3.8, 4) is 0 Å². The van der Waals surface area contributed by atoms with Crippen molar-refractivity contribution in [1.82, 2.24) is 5.32 Å². The predicted molar refractivity (Wildman–Crippen MR) is 84.2 cm³/mol. The molecule has 2 aromatic carbocycles. The van der Waals surface area contributed by atoms with E-state index < -0.39 is 6.10 Å². The van der Waals surface area contributed by atoms with Gasteiger partial charge < -0.3 is 10.4 Å². The molecule has 0 aliphatic carbocycles. The number of aliphatic hydroxyl groups is 1. The zero-order valence-electron chi connectivity index (χ0n) is 11.5. The van der Waals surface area contributed by atoms with Crippen LogP contribution in [0.5, 0.6) is 0 Å². The number of benzene rings is 2. The highest BCUT2D eigenvalue weighted by Crippen LogP contribution is 2.36. The van der Waals surface area contributed by atoms with E-state index in [2.05, 4.69) is 11.4 Å². The molecule has 4 heteroatoms. The zero-order valence-corrected chi connectivity index (χ0v) is 12.3. The van der Waals surface area contributed by atoms with Crippen LogP contribution in [0.25, 0.3) is 0 Å². The molecule has 2 aromatic rings. The number of carbonyl (C=O) groups is 1. The molecule has 0 spiro atoms. The highest BCUT2D eigenvalue weighted by atomic mass is 32.2. The Kier molecular flexibility index (Phi) is 4.27. The third kappa shape index (κ3) is 3.28. The van der Waals surface area contributed by atoms with E-state index in [9.17, 15) is 9.90 Å². The fourth-order valence-corrected chi connectivity index (χ4v) is 3.65. The van der Waals surface area contributed by atoms with Gasteiger partial charge in [0.15, 0.2) is 0 Å². The van der Waals surface area contributed by atoms with Crippen LogP contribution in [0.1, 0.15) is 17.2 Å². The van der Waals surface area contributed by atoms with Crippen LogP contribution in [-0.2, 0) is 11.2 Å². The number of aliphatic hydroxyl groups excluding tert-OH is 1. The highest BCUT2D eigenvalue weighted by molar-refractivity contribution is 8.01. The molecule has 0 fully saturated rings. The van der Waals surface area contributed by atoms with E-state index in [1.54, 1.807) is 11.8 Å². The number of thioether (sulfide) groups is 1. The maximum Gasteiger partial charge on any atom is 0.233 e. The Morgan fingerprint density at radius 3 is 2.67 bits per heavy atom. The number of rotatable bonds is 4. The summed E-state index contributed by atoms with van der Waals surface area (Å²) >= 11 is 1.60. The SMILES string of the molecule is O=C(NCC(O)c1ccccc1)C1Cc2ccccc2S1. The molecule has 3 nitrogen and oxygen atoms in total. The van der Waals surface area contributed by atoms with Crippen LogP contribution in [0, 0.1) is 0 Å². The molecule has 1 aliphatic heterocycles. The summed E-state index contributed by atoms with van der Waals surface area (Å²) in [5.41, 5.74) is 2.05. The van der Waals surface area contributed by atoms with Gasteiger partial charge in [0.1, 0.15) is 0 Å². The number of hydrogen-bond acceptors (Lipinski definition) is 3. The molecule has 0 radical (unpaired) electrons. The third-order valence-electron chi connectivity index (χ3n) is 3.59. The summed E-state index contributed by atoms with van der Waals surface area (Å²) in [6.07, 6.45) is 0.0950. The lowest BCUT2D eigenvalue weighted by Gasteiger charge is -2.14. The van der Waals surface area contributed by atoms with Crippen molar-refractivity contribution in [2.24, 2.45) is 0 Å². The first kappa shape index (κ1) is 14.2. The average molecular weight is 299 g/mol. The van der Waals surface area contributed by atoms with Crippen molar-refractivity contribution < 1.29 is 9.90 Å². The minimum atomic E-state index is -0.663. The monoisotopic (exact) mass is 299 g/mol. The molecule has 2 unspecified atom stereocenters. The topological polar surface area (TPSA) is 49.3 Å². The van der Waals surface area contributed by atoms with Gasteiger partial charge in [-0.15, -0.1) is 11.8 Å². The van der Waals surface area contributed by atoms with E-state index in [-0.39, 0.29) is 17.7 Å². The molecule has 21 heavy (non-hydrogen) atoms. The van der Waals surface area contributed by atoms with Crippen molar-refractivity contribution >= 4 is 17.7 Å². The van der Waals surface area contributed by atoms with Gasteiger partial charge in [-0.05, 0) is 23.6 Å². The Morgan fingerprint density at radius 2 is 1.90 bits per heavy atom. The average Bonchev–Trinajstić information content (AvgIpc) is 2.97. The second kappa shape index (κ2) is 6.33. The summed E-state index contributed by atoms with van der Waals surface area (Å²) in [5, 5.41) is 12.8. The van der Waals surface area contributed by atoms with Crippen LogP contribution in [0.3, 0.4) is 0 Å². The minimum absolute atomic E-state index is 0.00817.